The second kappa shape index (κ2) is 15.5. The van der Waals surface area contributed by atoms with Gasteiger partial charge in [-0.15, -0.1) is 0 Å². The molecule has 0 aliphatic heterocycles. The number of rotatable bonds is 17. The third-order valence-corrected chi connectivity index (χ3v) is 4.39. The highest BCUT2D eigenvalue weighted by molar-refractivity contribution is 5.95. The summed E-state index contributed by atoms with van der Waals surface area (Å²) in [5, 5.41) is 42.5. The number of aliphatic carboxylic acids is 3. The summed E-state index contributed by atoms with van der Waals surface area (Å²) < 4.78 is 0. The van der Waals surface area contributed by atoms with Gasteiger partial charge in [0, 0.05) is 6.42 Å². The maximum absolute atomic E-state index is 12.6. The summed E-state index contributed by atoms with van der Waals surface area (Å²) >= 11 is 0. The van der Waals surface area contributed by atoms with Gasteiger partial charge < -0.3 is 47.8 Å². The summed E-state index contributed by atoms with van der Waals surface area (Å²) in [5.74, 6) is -7.32. The normalized spacial score (nSPS) is 14.3. The Bertz CT molecular complexity index is 717. The molecule has 0 saturated heterocycles. The summed E-state index contributed by atoms with van der Waals surface area (Å²) in [5.41, 5.74) is 10.7. The molecular formula is C18H31N5O10. The van der Waals surface area contributed by atoms with E-state index in [1.54, 1.807) is 0 Å². The lowest BCUT2D eigenvalue weighted by Gasteiger charge is -2.24. The number of aliphatic hydroxyl groups is 1. The van der Waals surface area contributed by atoms with Crippen molar-refractivity contribution in [3.8, 4) is 0 Å². The van der Waals surface area contributed by atoms with Crippen LogP contribution in [0.25, 0.3) is 0 Å². The molecule has 188 valence electrons. The van der Waals surface area contributed by atoms with Gasteiger partial charge in [0.2, 0.25) is 17.7 Å². The smallest absolute Gasteiger partial charge is 0.326 e. The Kier molecular flexibility index (Phi) is 13.9. The zero-order chi connectivity index (χ0) is 25.6. The van der Waals surface area contributed by atoms with Crippen LogP contribution in [0.1, 0.15) is 38.5 Å². The Hall–Kier alpha value is -3.30. The first-order valence-corrected chi connectivity index (χ1v) is 10.1. The minimum Gasteiger partial charge on any atom is -0.481 e. The van der Waals surface area contributed by atoms with Crippen LogP contribution >= 0.6 is 0 Å². The summed E-state index contributed by atoms with van der Waals surface area (Å²) in [6, 6.07) is -6.01. The van der Waals surface area contributed by atoms with Gasteiger partial charge in [0.15, 0.2) is 0 Å². The maximum Gasteiger partial charge on any atom is 0.326 e. The van der Waals surface area contributed by atoms with Crippen LogP contribution in [0, 0.1) is 0 Å². The number of carboxylic acids is 3. The largest absolute Gasteiger partial charge is 0.481 e. The lowest BCUT2D eigenvalue weighted by molar-refractivity contribution is -0.143. The second-order valence-electron chi connectivity index (χ2n) is 7.13. The van der Waals surface area contributed by atoms with Crippen molar-refractivity contribution in [2.24, 2.45) is 11.5 Å². The van der Waals surface area contributed by atoms with Crippen LogP contribution in [0.4, 0.5) is 0 Å². The highest BCUT2D eigenvalue weighted by Gasteiger charge is 2.31. The van der Waals surface area contributed by atoms with Crippen molar-refractivity contribution in [3.05, 3.63) is 0 Å². The van der Waals surface area contributed by atoms with Crippen LogP contribution < -0.4 is 27.4 Å². The molecule has 0 bridgehead atoms. The first-order chi connectivity index (χ1) is 15.4. The molecule has 15 heteroatoms. The Morgan fingerprint density at radius 2 is 1.27 bits per heavy atom. The van der Waals surface area contributed by atoms with Crippen molar-refractivity contribution in [3.63, 3.8) is 0 Å². The fourth-order valence-electron chi connectivity index (χ4n) is 2.58. The number of carboxylic acid groups (broad SMARTS) is 3. The molecule has 0 rings (SSSR count). The number of nitrogens with one attached hydrogen (secondary N) is 3. The van der Waals surface area contributed by atoms with Crippen molar-refractivity contribution >= 4 is 35.6 Å². The zero-order valence-corrected chi connectivity index (χ0v) is 17.9. The Morgan fingerprint density at radius 1 is 0.727 bits per heavy atom. The van der Waals surface area contributed by atoms with Gasteiger partial charge in [0.25, 0.3) is 0 Å². The summed E-state index contributed by atoms with van der Waals surface area (Å²) in [6.07, 6.45) is -1.02. The van der Waals surface area contributed by atoms with E-state index < -0.39 is 85.7 Å². The number of carbonyl (C=O) groups excluding carboxylic acids is 3. The van der Waals surface area contributed by atoms with Crippen molar-refractivity contribution in [2.75, 3.05) is 13.2 Å². The third kappa shape index (κ3) is 12.4. The lowest BCUT2D eigenvalue weighted by atomic mass is 10.1. The van der Waals surface area contributed by atoms with E-state index in [0.717, 1.165) is 0 Å². The number of amides is 3. The molecule has 0 aromatic rings. The van der Waals surface area contributed by atoms with Crippen molar-refractivity contribution in [2.45, 2.75) is 62.7 Å². The van der Waals surface area contributed by atoms with Gasteiger partial charge in [0.1, 0.15) is 24.2 Å². The fourth-order valence-corrected chi connectivity index (χ4v) is 2.58. The number of unbranched alkanes of at least 4 members (excludes halogenated alkanes) is 1. The molecule has 4 unspecified atom stereocenters. The van der Waals surface area contributed by atoms with Crippen LogP contribution in [0.3, 0.4) is 0 Å². The molecule has 0 heterocycles. The molecule has 0 aromatic carbocycles. The van der Waals surface area contributed by atoms with Crippen LogP contribution in [0.15, 0.2) is 0 Å². The van der Waals surface area contributed by atoms with Crippen LogP contribution in [-0.2, 0) is 28.8 Å². The number of nitrogens with two attached hydrogens (primary N) is 2. The van der Waals surface area contributed by atoms with E-state index in [2.05, 4.69) is 16.0 Å². The Balaban J connectivity index is 5.47. The lowest BCUT2D eigenvalue weighted by Crippen LogP contribution is -2.57. The topological polar surface area (TPSA) is 271 Å². The average Bonchev–Trinajstić information content (AvgIpc) is 2.73. The van der Waals surface area contributed by atoms with Crippen molar-refractivity contribution in [1.29, 1.82) is 0 Å². The first kappa shape index (κ1) is 29.7. The molecule has 0 aromatic heterocycles. The fraction of sp³-hybridized carbons (Fsp3) is 0.667. The van der Waals surface area contributed by atoms with E-state index in [4.69, 9.17) is 26.8 Å². The maximum atomic E-state index is 12.6. The number of hydrogen-bond acceptors (Lipinski definition) is 9. The van der Waals surface area contributed by atoms with Gasteiger partial charge in [-0.1, -0.05) is 0 Å². The molecule has 0 radical (unpaired) electrons. The van der Waals surface area contributed by atoms with E-state index >= 15 is 0 Å². The molecule has 4 atom stereocenters. The minimum absolute atomic E-state index is 0.0162. The van der Waals surface area contributed by atoms with Gasteiger partial charge in [-0.2, -0.15) is 0 Å². The molecule has 0 aliphatic rings. The van der Waals surface area contributed by atoms with Crippen LogP contribution in [-0.4, -0.2) is 93.4 Å². The highest BCUT2D eigenvalue weighted by Crippen LogP contribution is 2.05. The van der Waals surface area contributed by atoms with Gasteiger partial charge in [-0.05, 0) is 32.2 Å². The Labute approximate surface area is 188 Å². The average molecular weight is 477 g/mol. The standard InChI is InChI=1S/C18H31N5O10/c19-6-2-1-3-11(18(32)33)22-17(31)12(7-14(27)28)23-16(30)10(4-5-13(25)26)21-15(29)9(20)8-24/h9-12,24H,1-8,19-20H2,(H,21,29)(H,22,31)(H,23,30)(H,25,26)(H,27,28)(H,32,33). The van der Waals surface area contributed by atoms with E-state index in [9.17, 15) is 33.9 Å². The monoisotopic (exact) mass is 477 g/mol. The molecule has 11 N–H and O–H groups in total. The van der Waals surface area contributed by atoms with Crippen LogP contribution in [0.2, 0.25) is 0 Å². The number of hydrogen-bond donors (Lipinski definition) is 9. The first-order valence-electron chi connectivity index (χ1n) is 10.1. The molecule has 15 nitrogen and oxygen atoms in total. The summed E-state index contributed by atoms with van der Waals surface area (Å²) in [4.78, 5) is 70.4. The van der Waals surface area contributed by atoms with Crippen LogP contribution in [0.5, 0.6) is 0 Å². The van der Waals surface area contributed by atoms with Gasteiger partial charge in [-0.25, -0.2) is 4.79 Å². The summed E-state index contributed by atoms with van der Waals surface area (Å²) in [6.45, 7) is -0.453. The highest BCUT2D eigenvalue weighted by atomic mass is 16.4. The zero-order valence-electron chi connectivity index (χ0n) is 17.9. The van der Waals surface area contributed by atoms with Gasteiger partial charge in [-0.3, -0.25) is 24.0 Å². The molecule has 3 amide bonds. The van der Waals surface area contributed by atoms with E-state index in [-0.39, 0.29) is 6.42 Å². The van der Waals surface area contributed by atoms with Gasteiger partial charge in [0.05, 0.1) is 13.0 Å². The SMILES string of the molecule is NCCCCC(NC(=O)C(CC(=O)O)NC(=O)C(CCC(=O)O)NC(=O)C(N)CO)C(=O)O. The molecule has 0 saturated carbocycles. The predicted octanol–water partition coefficient (Wildman–Crippen LogP) is -3.69. The van der Waals surface area contributed by atoms with E-state index in [1.807, 2.05) is 0 Å². The molecule has 0 aliphatic carbocycles. The van der Waals surface area contributed by atoms with E-state index in [1.165, 1.54) is 0 Å². The van der Waals surface area contributed by atoms with Crippen molar-refractivity contribution < 1.29 is 49.2 Å². The molecule has 33 heavy (non-hydrogen) atoms. The number of carbonyl (C=O) groups is 6. The molecule has 0 fully saturated rings. The van der Waals surface area contributed by atoms with Gasteiger partial charge >= 0.3 is 17.9 Å². The number of aliphatic hydroxyl groups excluding tert-OH is 1. The van der Waals surface area contributed by atoms with Crippen molar-refractivity contribution in [1.82, 2.24) is 16.0 Å². The second-order valence-corrected chi connectivity index (χ2v) is 7.13. The Morgan fingerprint density at radius 3 is 1.76 bits per heavy atom. The third-order valence-electron chi connectivity index (χ3n) is 4.39. The van der Waals surface area contributed by atoms with E-state index in [0.29, 0.717) is 19.4 Å². The molecular weight excluding hydrogens is 446 g/mol. The quantitative estimate of drug-likeness (QED) is 0.0916. The minimum atomic E-state index is -1.72. The summed E-state index contributed by atoms with van der Waals surface area (Å²) in [7, 11) is 0. The molecule has 0 spiro atoms. The predicted molar refractivity (Wildman–Crippen MR) is 111 cm³/mol.